The van der Waals surface area contributed by atoms with Crippen molar-refractivity contribution in [2.24, 2.45) is 0 Å². The molecule has 0 N–H and O–H groups in total. The zero-order chi connectivity index (χ0) is 18.2. The van der Waals surface area contributed by atoms with Gasteiger partial charge in [0, 0.05) is 0 Å². The minimum atomic E-state index is 0.772. The molecule has 3 aromatic rings. The topological polar surface area (TPSA) is 18.5 Å². The van der Waals surface area contributed by atoms with Crippen molar-refractivity contribution in [3.8, 4) is 23.0 Å². The van der Waals surface area contributed by atoms with Crippen molar-refractivity contribution in [3.63, 3.8) is 0 Å². The Bertz CT molecular complexity index is 804. The van der Waals surface area contributed by atoms with Crippen LogP contribution in [0.25, 0.3) is 0 Å². The van der Waals surface area contributed by atoms with E-state index in [0.717, 1.165) is 47.0 Å². The van der Waals surface area contributed by atoms with Gasteiger partial charge in [-0.3, -0.25) is 0 Å². The van der Waals surface area contributed by atoms with E-state index in [2.05, 4.69) is 13.2 Å². The highest BCUT2D eigenvalue weighted by Gasteiger charge is 2.06. The van der Waals surface area contributed by atoms with Gasteiger partial charge in [0.1, 0.15) is 23.0 Å². The second-order valence-electron chi connectivity index (χ2n) is 5.88. The van der Waals surface area contributed by atoms with Crippen LogP contribution in [0, 0.1) is 0 Å². The molecule has 0 unspecified atom stereocenters. The minimum Gasteiger partial charge on any atom is -0.457 e. The lowest BCUT2D eigenvalue weighted by atomic mass is 10.1. The van der Waals surface area contributed by atoms with Crippen LogP contribution in [0.1, 0.15) is 11.1 Å². The van der Waals surface area contributed by atoms with E-state index in [1.54, 1.807) is 0 Å². The maximum absolute atomic E-state index is 6.01. The molecule has 2 nitrogen and oxygen atoms in total. The van der Waals surface area contributed by atoms with Crippen molar-refractivity contribution < 1.29 is 9.47 Å². The van der Waals surface area contributed by atoms with Gasteiger partial charge in [-0.2, -0.15) is 0 Å². The summed E-state index contributed by atoms with van der Waals surface area (Å²) in [5.41, 5.74) is 2.22. The number of benzene rings is 3. The van der Waals surface area contributed by atoms with Gasteiger partial charge in [0.05, 0.1) is 0 Å². The summed E-state index contributed by atoms with van der Waals surface area (Å²) in [7, 11) is 0. The molecule has 0 fully saturated rings. The normalized spacial score (nSPS) is 10.2. The third kappa shape index (κ3) is 4.42. The first-order valence-corrected chi connectivity index (χ1v) is 8.63. The van der Waals surface area contributed by atoms with Crippen LogP contribution in [0.15, 0.2) is 98.1 Å². The Labute approximate surface area is 155 Å². The molecule has 26 heavy (non-hydrogen) atoms. The highest BCUT2D eigenvalue weighted by Crippen LogP contribution is 2.30. The van der Waals surface area contributed by atoms with Crippen molar-refractivity contribution in [2.75, 3.05) is 0 Å². The summed E-state index contributed by atoms with van der Waals surface area (Å²) in [6.45, 7) is 7.60. The van der Waals surface area contributed by atoms with Crippen LogP contribution in [0.3, 0.4) is 0 Å². The Hall–Kier alpha value is -3.26. The summed E-state index contributed by atoms with van der Waals surface area (Å²) in [6.07, 6.45) is 5.30. The largest absolute Gasteiger partial charge is 0.457 e. The molecule has 0 atom stereocenters. The predicted molar refractivity (Wildman–Crippen MR) is 107 cm³/mol. The molecule has 0 aliphatic rings. The zero-order valence-corrected chi connectivity index (χ0v) is 14.7. The quantitative estimate of drug-likeness (QED) is 0.423. The molecule has 3 aromatic carbocycles. The van der Waals surface area contributed by atoms with Crippen LogP contribution in [-0.2, 0) is 12.8 Å². The van der Waals surface area contributed by atoms with Gasteiger partial charge in [-0.15, -0.1) is 13.2 Å². The molecule has 0 radical (unpaired) electrons. The summed E-state index contributed by atoms with van der Waals surface area (Å²) in [5, 5.41) is 0. The van der Waals surface area contributed by atoms with Crippen molar-refractivity contribution in [1.29, 1.82) is 0 Å². The Morgan fingerprint density at radius 3 is 1.35 bits per heavy atom. The molecular formula is C24H22O2. The van der Waals surface area contributed by atoms with Gasteiger partial charge in [-0.05, 0) is 60.4 Å². The summed E-state index contributed by atoms with van der Waals surface area (Å²) in [6, 6.07) is 23.6. The summed E-state index contributed by atoms with van der Waals surface area (Å²) < 4.78 is 12.0. The van der Waals surface area contributed by atoms with E-state index < -0.39 is 0 Å². The predicted octanol–water partition coefficient (Wildman–Crippen LogP) is 6.73. The van der Waals surface area contributed by atoms with Crippen LogP contribution in [0.4, 0.5) is 0 Å². The monoisotopic (exact) mass is 342 g/mol. The fraction of sp³-hybridized carbons (Fsp3) is 0.0833. The van der Waals surface area contributed by atoms with Crippen LogP contribution in [0.5, 0.6) is 23.0 Å². The number of hydrogen-bond acceptors (Lipinski definition) is 2. The maximum Gasteiger partial charge on any atom is 0.130 e. The number of para-hydroxylation sites is 2. The molecule has 0 aromatic heterocycles. The molecule has 0 amide bonds. The van der Waals surface area contributed by atoms with Gasteiger partial charge >= 0.3 is 0 Å². The van der Waals surface area contributed by atoms with Gasteiger partial charge in [0.15, 0.2) is 0 Å². The molecule has 0 saturated carbocycles. The van der Waals surface area contributed by atoms with E-state index in [9.17, 15) is 0 Å². The first-order chi connectivity index (χ1) is 12.8. The molecule has 0 spiro atoms. The van der Waals surface area contributed by atoms with Crippen LogP contribution in [-0.4, -0.2) is 0 Å². The fourth-order valence-corrected chi connectivity index (χ4v) is 2.68. The van der Waals surface area contributed by atoms with E-state index in [0.29, 0.717) is 0 Å². The molecule has 0 saturated heterocycles. The minimum absolute atomic E-state index is 0.772. The lowest BCUT2D eigenvalue weighted by Gasteiger charge is -2.12. The number of allylic oxidation sites excluding steroid dienone is 2. The third-order valence-electron chi connectivity index (χ3n) is 3.95. The van der Waals surface area contributed by atoms with Gasteiger partial charge < -0.3 is 9.47 Å². The Morgan fingerprint density at radius 1 is 0.577 bits per heavy atom. The molecule has 0 aliphatic carbocycles. The van der Waals surface area contributed by atoms with Gasteiger partial charge in [-0.25, -0.2) is 0 Å². The van der Waals surface area contributed by atoms with Gasteiger partial charge in [0.2, 0.25) is 0 Å². The molecule has 130 valence electrons. The average molecular weight is 342 g/mol. The smallest absolute Gasteiger partial charge is 0.130 e. The van der Waals surface area contributed by atoms with E-state index >= 15 is 0 Å². The summed E-state index contributed by atoms with van der Waals surface area (Å²) in [5.74, 6) is 3.23. The van der Waals surface area contributed by atoms with Crippen LogP contribution < -0.4 is 9.47 Å². The first kappa shape index (κ1) is 17.6. The van der Waals surface area contributed by atoms with E-state index in [1.807, 2.05) is 84.9 Å². The van der Waals surface area contributed by atoms with Crippen LogP contribution in [0.2, 0.25) is 0 Å². The first-order valence-electron chi connectivity index (χ1n) is 8.63. The molecule has 0 aliphatic heterocycles. The fourth-order valence-electron chi connectivity index (χ4n) is 2.68. The average Bonchev–Trinajstić information content (AvgIpc) is 2.67. The van der Waals surface area contributed by atoms with Crippen molar-refractivity contribution in [2.45, 2.75) is 12.8 Å². The van der Waals surface area contributed by atoms with Crippen molar-refractivity contribution in [1.82, 2.24) is 0 Å². The lowest BCUT2D eigenvalue weighted by molar-refractivity contribution is 0.464. The maximum atomic E-state index is 6.01. The van der Waals surface area contributed by atoms with Crippen LogP contribution >= 0.6 is 0 Å². The second-order valence-corrected chi connectivity index (χ2v) is 5.88. The molecule has 0 bridgehead atoms. The number of rotatable bonds is 8. The Kier molecular flexibility index (Phi) is 5.89. The molecule has 3 rings (SSSR count). The summed E-state index contributed by atoms with van der Waals surface area (Å²) >= 11 is 0. The highest BCUT2D eigenvalue weighted by atomic mass is 16.5. The van der Waals surface area contributed by atoms with E-state index in [1.165, 1.54) is 0 Å². The van der Waals surface area contributed by atoms with Crippen molar-refractivity contribution >= 4 is 0 Å². The van der Waals surface area contributed by atoms with E-state index in [-0.39, 0.29) is 0 Å². The number of ether oxygens (including phenoxy) is 2. The standard InChI is InChI=1S/C24H22O2/c1-3-9-19-11-5-7-13-23(19)25-21-15-17-22(18-16-21)26-24-14-8-6-12-20(24)10-4-2/h3-8,11-18H,1-2,9-10H2. The Balaban J connectivity index is 1.73. The second kappa shape index (κ2) is 8.72. The van der Waals surface area contributed by atoms with Gasteiger partial charge in [0.25, 0.3) is 0 Å². The van der Waals surface area contributed by atoms with Crippen molar-refractivity contribution in [3.05, 3.63) is 109 Å². The summed E-state index contributed by atoms with van der Waals surface area (Å²) in [4.78, 5) is 0. The van der Waals surface area contributed by atoms with E-state index in [4.69, 9.17) is 9.47 Å². The van der Waals surface area contributed by atoms with Gasteiger partial charge in [-0.1, -0.05) is 48.6 Å². The molecular weight excluding hydrogens is 320 g/mol. The number of hydrogen-bond donors (Lipinski definition) is 0. The highest BCUT2D eigenvalue weighted by molar-refractivity contribution is 5.42. The SMILES string of the molecule is C=CCc1ccccc1Oc1ccc(Oc2ccccc2CC=C)cc1. The third-order valence-corrected chi connectivity index (χ3v) is 3.95. The molecule has 2 heteroatoms. The molecule has 0 heterocycles. The Morgan fingerprint density at radius 2 is 0.962 bits per heavy atom. The lowest BCUT2D eigenvalue weighted by Crippen LogP contribution is -1.92. The zero-order valence-electron chi connectivity index (χ0n) is 14.7.